The number of hydrogen-bond acceptors (Lipinski definition) is 6. The van der Waals surface area contributed by atoms with Gasteiger partial charge in [-0.1, -0.05) is 30.3 Å². The van der Waals surface area contributed by atoms with E-state index in [1.807, 2.05) is 30.3 Å². The number of benzene rings is 2. The van der Waals surface area contributed by atoms with E-state index < -0.39 is 6.61 Å². The number of alkyl halides is 2. The highest BCUT2D eigenvalue weighted by Gasteiger charge is 2.10. The van der Waals surface area contributed by atoms with Crippen molar-refractivity contribution in [2.45, 2.75) is 13.2 Å². The van der Waals surface area contributed by atoms with Gasteiger partial charge in [0.2, 0.25) is 0 Å². The van der Waals surface area contributed by atoms with Gasteiger partial charge in [-0.2, -0.15) is 18.3 Å². The van der Waals surface area contributed by atoms with Gasteiger partial charge in [0.05, 0.1) is 12.2 Å². The lowest BCUT2D eigenvalue weighted by atomic mass is 10.1. The number of ether oxygens (including phenoxy) is 1. The summed E-state index contributed by atoms with van der Waals surface area (Å²) < 4.78 is 34.5. The van der Waals surface area contributed by atoms with Crippen LogP contribution in [0.1, 0.15) is 5.01 Å². The van der Waals surface area contributed by atoms with Crippen LogP contribution < -0.4 is 10.3 Å². The quantitative estimate of drug-likeness (QED) is 0.477. The minimum atomic E-state index is -2.88. The first-order valence-corrected chi connectivity index (χ1v) is 9.37. The van der Waals surface area contributed by atoms with Crippen molar-refractivity contribution >= 4 is 11.5 Å². The van der Waals surface area contributed by atoms with E-state index in [1.165, 1.54) is 34.4 Å². The fourth-order valence-electron chi connectivity index (χ4n) is 2.67. The average Bonchev–Trinajstić information content (AvgIpc) is 3.19. The Bertz CT molecular complexity index is 1160. The number of hydrogen-bond donors (Lipinski definition) is 0. The molecule has 0 fully saturated rings. The largest absolute Gasteiger partial charge is 0.435 e. The van der Waals surface area contributed by atoms with Crippen LogP contribution in [0.25, 0.3) is 22.6 Å². The molecule has 0 saturated carbocycles. The first-order valence-electron chi connectivity index (χ1n) is 8.60. The molecule has 6 nitrogen and oxygen atoms in total. The van der Waals surface area contributed by atoms with Crippen LogP contribution in [0.5, 0.6) is 5.75 Å². The van der Waals surface area contributed by atoms with E-state index in [2.05, 4.69) is 19.2 Å². The minimum absolute atomic E-state index is 0.0550. The van der Waals surface area contributed by atoms with Gasteiger partial charge < -0.3 is 4.74 Å². The first-order chi connectivity index (χ1) is 14.1. The summed E-state index contributed by atoms with van der Waals surface area (Å²) in [6.07, 6.45) is 0. The van der Waals surface area contributed by atoms with E-state index >= 15 is 0 Å². The standard InChI is InChI=1S/C20H14F2N4O2S/c21-20(22)28-15-8-6-13(7-9-15)16-10-11-18(27)26(24-16)12-17-23-19(25-29-17)14-4-2-1-3-5-14/h1-11,20H,12H2. The molecular formula is C20H14F2N4O2S. The number of nitrogens with zero attached hydrogens (tertiary/aromatic N) is 4. The third-order valence-corrected chi connectivity index (χ3v) is 4.72. The lowest BCUT2D eigenvalue weighted by molar-refractivity contribution is -0.0498. The van der Waals surface area contributed by atoms with Gasteiger partial charge in [0, 0.05) is 17.2 Å². The van der Waals surface area contributed by atoms with Crippen LogP contribution in [0.4, 0.5) is 8.78 Å². The Hall–Kier alpha value is -3.46. The second-order valence-electron chi connectivity index (χ2n) is 6.00. The van der Waals surface area contributed by atoms with Crippen LogP contribution in [-0.4, -0.2) is 25.7 Å². The number of rotatable bonds is 6. The van der Waals surface area contributed by atoms with Crippen LogP contribution in [0.3, 0.4) is 0 Å². The second kappa shape index (κ2) is 8.27. The van der Waals surface area contributed by atoms with E-state index in [4.69, 9.17) is 0 Å². The zero-order chi connectivity index (χ0) is 20.2. The molecule has 0 saturated heterocycles. The highest BCUT2D eigenvalue weighted by atomic mass is 32.1. The molecule has 0 aliphatic carbocycles. The molecule has 0 aliphatic rings. The predicted molar refractivity (Wildman–Crippen MR) is 105 cm³/mol. The number of halogens is 2. The maximum absolute atomic E-state index is 12.3. The van der Waals surface area contributed by atoms with Gasteiger partial charge in [-0.15, -0.1) is 0 Å². The molecular weight excluding hydrogens is 398 g/mol. The molecule has 146 valence electrons. The molecule has 0 spiro atoms. The van der Waals surface area contributed by atoms with Gasteiger partial charge in [-0.25, -0.2) is 9.67 Å². The summed E-state index contributed by atoms with van der Waals surface area (Å²) >= 11 is 1.21. The maximum atomic E-state index is 12.3. The summed E-state index contributed by atoms with van der Waals surface area (Å²) in [4.78, 5) is 16.7. The van der Waals surface area contributed by atoms with Crippen molar-refractivity contribution < 1.29 is 13.5 Å². The molecule has 4 rings (SSSR count). The molecule has 2 aromatic heterocycles. The zero-order valence-electron chi connectivity index (χ0n) is 14.9. The van der Waals surface area contributed by atoms with E-state index in [0.29, 0.717) is 22.1 Å². The van der Waals surface area contributed by atoms with Crippen LogP contribution in [0.2, 0.25) is 0 Å². The van der Waals surface area contributed by atoms with Gasteiger partial charge in [0.1, 0.15) is 10.8 Å². The lowest BCUT2D eigenvalue weighted by Gasteiger charge is -2.07. The minimum Gasteiger partial charge on any atom is -0.435 e. The molecule has 0 unspecified atom stereocenters. The molecule has 0 radical (unpaired) electrons. The molecule has 2 heterocycles. The van der Waals surface area contributed by atoms with Crippen molar-refractivity contribution in [3.8, 4) is 28.4 Å². The van der Waals surface area contributed by atoms with Crippen molar-refractivity contribution in [1.82, 2.24) is 19.1 Å². The normalized spacial score (nSPS) is 11.0. The molecule has 0 atom stereocenters. The molecule has 4 aromatic rings. The Kier molecular flexibility index (Phi) is 5.39. The van der Waals surface area contributed by atoms with Crippen molar-refractivity contribution in [3.63, 3.8) is 0 Å². The number of aromatic nitrogens is 4. The van der Waals surface area contributed by atoms with E-state index in [9.17, 15) is 13.6 Å². The van der Waals surface area contributed by atoms with Crippen molar-refractivity contribution in [2.75, 3.05) is 0 Å². The molecule has 0 bridgehead atoms. The Morgan fingerprint density at radius 2 is 1.72 bits per heavy atom. The van der Waals surface area contributed by atoms with Crippen molar-refractivity contribution in [3.05, 3.63) is 82.1 Å². The summed E-state index contributed by atoms with van der Waals surface area (Å²) in [6, 6.07) is 18.6. The fraction of sp³-hybridized carbons (Fsp3) is 0.100. The molecule has 0 aliphatic heterocycles. The van der Waals surface area contributed by atoms with Gasteiger partial charge in [-0.05, 0) is 41.9 Å². The summed E-state index contributed by atoms with van der Waals surface area (Å²) in [5.41, 5.74) is 1.82. The third-order valence-electron chi connectivity index (χ3n) is 4.03. The molecule has 0 N–H and O–H groups in total. The molecule has 9 heteroatoms. The summed E-state index contributed by atoms with van der Waals surface area (Å²) in [6.45, 7) is -2.70. The van der Waals surface area contributed by atoms with Gasteiger partial charge >= 0.3 is 6.61 Å². The molecule has 0 amide bonds. The van der Waals surface area contributed by atoms with Gasteiger partial charge in [-0.3, -0.25) is 4.79 Å². The average molecular weight is 412 g/mol. The van der Waals surface area contributed by atoms with Crippen molar-refractivity contribution in [1.29, 1.82) is 0 Å². The van der Waals surface area contributed by atoms with E-state index in [-0.39, 0.29) is 17.9 Å². The SMILES string of the molecule is O=c1ccc(-c2ccc(OC(F)F)cc2)nn1Cc1nc(-c2ccccc2)ns1. The van der Waals surface area contributed by atoms with Gasteiger partial charge in [0.15, 0.2) is 5.82 Å². The highest BCUT2D eigenvalue weighted by Crippen LogP contribution is 2.22. The van der Waals surface area contributed by atoms with Crippen LogP contribution in [0.15, 0.2) is 71.5 Å². The van der Waals surface area contributed by atoms with Gasteiger partial charge in [0.25, 0.3) is 5.56 Å². The molecule has 2 aromatic carbocycles. The summed E-state index contributed by atoms with van der Waals surface area (Å²) in [5, 5.41) is 5.01. The monoisotopic (exact) mass is 412 g/mol. The topological polar surface area (TPSA) is 69.9 Å². The predicted octanol–water partition coefficient (Wildman–Crippen LogP) is 4.08. The molecule has 29 heavy (non-hydrogen) atoms. The highest BCUT2D eigenvalue weighted by molar-refractivity contribution is 7.05. The second-order valence-corrected chi connectivity index (χ2v) is 6.83. The smallest absolute Gasteiger partial charge is 0.387 e. The summed E-state index contributed by atoms with van der Waals surface area (Å²) in [5.74, 6) is 0.656. The van der Waals surface area contributed by atoms with Crippen LogP contribution in [0, 0.1) is 0 Å². The Morgan fingerprint density at radius 1 is 0.966 bits per heavy atom. The van der Waals surface area contributed by atoms with Crippen LogP contribution in [-0.2, 0) is 6.54 Å². The maximum Gasteiger partial charge on any atom is 0.387 e. The summed E-state index contributed by atoms with van der Waals surface area (Å²) in [7, 11) is 0. The van der Waals surface area contributed by atoms with E-state index in [1.54, 1.807) is 18.2 Å². The Morgan fingerprint density at radius 3 is 2.45 bits per heavy atom. The van der Waals surface area contributed by atoms with Crippen molar-refractivity contribution in [2.24, 2.45) is 0 Å². The Labute approximate surface area is 168 Å². The third kappa shape index (κ3) is 4.52. The first kappa shape index (κ1) is 18.9. The Balaban J connectivity index is 1.56. The van der Waals surface area contributed by atoms with Crippen LogP contribution >= 0.6 is 11.5 Å². The fourth-order valence-corrected chi connectivity index (χ4v) is 3.32. The lowest BCUT2D eigenvalue weighted by Crippen LogP contribution is -2.22. The van der Waals surface area contributed by atoms with E-state index in [0.717, 1.165) is 5.56 Å². The zero-order valence-corrected chi connectivity index (χ0v) is 15.7.